The number of nitrogens with zero attached hydrogens (tertiary/aromatic N) is 2. The third-order valence-corrected chi connectivity index (χ3v) is 5.05. The first-order chi connectivity index (χ1) is 9.18. The van der Waals surface area contributed by atoms with Gasteiger partial charge in [-0.05, 0) is 44.6 Å². The summed E-state index contributed by atoms with van der Waals surface area (Å²) in [6.07, 6.45) is 4.77. The highest BCUT2D eigenvalue weighted by Gasteiger charge is 2.43. The van der Waals surface area contributed by atoms with Gasteiger partial charge in [-0.15, -0.1) is 0 Å². The van der Waals surface area contributed by atoms with Gasteiger partial charge in [-0.25, -0.2) is 0 Å². The molecule has 1 N–H and O–H groups in total. The summed E-state index contributed by atoms with van der Waals surface area (Å²) in [7, 11) is 1.69. The summed E-state index contributed by atoms with van der Waals surface area (Å²) >= 11 is 0. The van der Waals surface area contributed by atoms with Crippen LogP contribution >= 0.6 is 0 Å². The Morgan fingerprint density at radius 1 is 1.47 bits per heavy atom. The summed E-state index contributed by atoms with van der Waals surface area (Å²) in [5, 5.41) is 7.68. The van der Waals surface area contributed by atoms with Crippen molar-refractivity contribution in [3.05, 3.63) is 11.7 Å². The molecule has 4 atom stereocenters. The topological polar surface area (TPSA) is 60.2 Å². The molecule has 0 bridgehead atoms. The Kier molecular flexibility index (Phi) is 3.35. The van der Waals surface area contributed by atoms with Gasteiger partial charge in [0.05, 0.1) is 6.04 Å². The zero-order valence-electron chi connectivity index (χ0n) is 12.0. The molecule has 4 unspecified atom stereocenters. The van der Waals surface area contributed by atoms with Gasteiger partial charge in [0.2, 0.25) is 11.7 Å². The Labute approximate surface area is 114 Å². The van der Waals surface area contributed by atoms with E-state index in [-0.39, 0.29) is 6.04 Å². The number of fused-ring (bicyclic) bond motifs is 1. The highest BCUT2D eigenvalue weighted by Crippen LogP contribution is 2.44. The molecule has 0 amide bonds. The maximum absolute atomic E-state index is 5.53. The minimum atomic E-state index is -0.449. The van der Waals surface area contributed by atoms with Gasteiger partial charge < -0.3 is 14.6 Å². The number of nitrogens with one attached hydrogen (secondary N) is 1. The molecular formula is C14H23N3O2. The lowest BCUT2D eigenvalue weighted by atomic mass is 9.94. The second-order valence-corrected chi connectivity index (χ2v) is 5.99. The van der Waals surface area contributed by atoms with E-state index in [4.69, 9.17) is 9.26 Å². The molecule has 1 aromatic heterocycles. The molecule has 106 valence electrons. The summed E-state index contributed by atoms with van der Waals surface area (Å²) in [5.74, 6) is 2.86. The van der Waals surface area contributed by atoms with E-state index in [9.17, 15) is 0 Å². The van der Waals surface area contributed by atoms with Crippen molar-refractivity contribution >= 4 is 0 Å². The van der Waals surface area contributed by atoms with Gasteiger partial charge in [-0.2, -0.15) is 4.98 Å². The number of aromatic nitrogens is 2. The molecule has 0 radical (unpaired) electrons. The van der Waals surface area contributed by atoms with Crippen LogP contribution in [0.15, 0.2) is 4.52 Å². The smallest absolute Gasteiger partial charge is 0.244 e. The van der Waals surface area contributed by atoms with Crippen molar-refractivity contribution in [1.29, 1.82) is 0 Å². The molecule has 1 aromatic rings. The van der Waals surface area contributed by atoms with Crippen molar-refractivity contribution in [2.75, 3.05) is 13.7 Å². The number of methoxy groups -OCH3 is 1. The molecular weight excluding hydrogens is 242 g/mol. The number of hydrogen-bond donors (Lipinski definition) is 1. The summed E-state index contributed by atoms with van der Waals surface area (Å²) in [5.41, 5.74) is -0.449. The molecule has 1 saturated heterocycles. The Morgan fingerprint density at radius 2 is 2.32 bits per heavy atom. The van der Waals surface area contributed by atoms with Crippen LogP contribution in [-0.4, -0.2) is 23.8 Å². The van der Waals surface area contributed by atoms with Crippen LogP contribution in [-0.2, 0) is 10.3 Å². The van der Waals surface area contributed by atoms with Crippen LogP contribution in [0.25, 0.3) is 0 Å². The Hall–Kier alpha value is -0.940. The molecule has 0 spiro atoms. The zero-order valence-corrected chi connectivity index (χ0v) is 12.0. The van der Waals surface area contributed by atoms with Gasteiger partial charge in [0.1, 0.15) is 5.60 Å². The predicted octanol–water partition coefficient (Wildman–Crippen LogP) is 2.40. The van der Waals surface area contributed by atoms with Gasteiger partial charge >= 0.3 is 0 Å². The van der Waals surface area contributed by atoms with Crippen molar-refractivity contribution in [2.45, 2.75) is 51.2 Å². The molecule has 5 nitrogen and oxygen atoms in total. The van der Waals surface area contributed by atoms with Crippen LogP contribution in [0.2, 0.25) is 0 Å². The molecule has 2 fully saturated rings. The molecule has 1 saturated carbocycles. The summed E-state index contributed by atoms with van der Waals surface area (Å²) in [6, 6.07) is 0.242. The average Bonchev–Trinajstić information content (AvgIpc) is 3.12. The second kappa shape index (κ2) is 4.87. The molecule has 3 rings (SSSR count). The van der Waals surface area contributed by atoms with Gasteiger partial charge in [0, 0.05) is 7.11 Å². The molecule has 0 aromatic carbocycles. The summed E-state index contributed by atoms with van der Waals surface area (Å²) in [4.78, 5) is 4.60. The largest absolute Gasteiger partial charge is 0.370 e. The Bertz CT molecular complexity index is 442. The standard InChI is InChI=1S/C14H23N3O2/c1-4-14(2,18-3)13-16-12(19-17-13)11-10-7-5-6-9(10)8-15-11/h9-11,15H,4-8H2,1-3H3. The number of ether oxygens (including phenoxy) is 1. The van der Waals surface area contributed by atoms with Crippen LogP contribution in [0.4, 0.5) is 0 Å². The van der Waals surface area contributed by atoms with Crippen LogP contribution in [0.3, 0.4) is 0 Å². The first-order valence-electron chi connectivity index (χ1n) is 7.30. The van der Waals surface area contributed by atoms with E-state index in [0.717, 1.165) is 24.8 Å². The van der Waals surface area contributed by atoms with E-state index in [2.05, 4.69) is 22.4 Å². The second-order valence-electron chi connectivity index (χ2n) is 5.99. The molecule has 2 heterocycles. The number of hydrogen-bond acceptors (Lipinski definition) is 5. The first kappa shape index (κ1) is 13.1. The molecule has 2 aliphatic rings. The first-order valence-corrected chi connectivity index (χ1v) is 7.30. The Morgan fingerprint density at radius 3 is 3.05 bits per heavy atom. The van der Waals surface area contributed by atoms with Crippen LogP contribution in [0.1, 0.15) is 57.3 Å². The van der Waals surface area contributed by atoms with Crippen molar-refractivity contribution in [1.82, 2.24) is 15.5 Å². The molecule has 19 heavy (non-hydrogen) atoms. The SMILES string of the molecule is CCC(C)(OC)c1noc(C2NCC3CCCC32)n1. The van der Waals surface area contributed by atoms with Crippen molar-refractivity contribution in [3.8, 4) is 0 Å². The lowest BCUT2D eigenvalue weighted by Gasteiger charge is -2.22. The fraction of sp³-hybridized carbons (Fsp3) is 0.857. The molecule has 5 heteroatoms. The highest BCUT2D eigenvalue weighted by molar-refractivity contribution is 5.06. The van der Waals surface area contributed by atoms with E-state index in [1.807, 2.05) is 6.92 Å². The molecule has 1 aliphatic carbocycles. The lowest BCUT2D eigenvalue weighted by Crippen LogP contribution is -2.25. The van der Waals surface area contributed by atoms with E-state index in [1.54, 1.807) is 7.11 Å². The van der Waals surface area contributed by atoms with E-state index < -0.39 is 5.60 Å². The van der Waals surface area contributed by atoms with Gasteiger partial charge in [0.25, 0.3) is 0 Å². The van der Waals surface area contributed by atoms with Crippen molar-refractivity contribution in [2.24, 2.45) is 11.8 Å². The minimum Gasteiger partial charge on any atom is -0.370 e. The van der Waals surface area contributed by atoms with E-state index >= 15 is 0 Å². The maximum atomic E-state index is 5.53. The van der Waals surface area contributed by atoms with E-state index in [0.29, 0.717) is 11.7 Å². The third-order valence-electron chi connectivity index (χ3n) is 5.05. The number of rotatable bonds is 4. The maximum Gasteiger partial charge on any atom is 0.244 e. The third kappa shape index (κ3) is 2.09. The van der Waals surface area contributed by atoms with Gasteiger partial charge in [0.15, 0.2) is 0 Å². The average molecular weight is 265 g/mol. The van der Waals surface area contributed by atoms with Gasteiger partial charge in [-0.3, -0.25) is 0 Å². The van der Waals surface area contributed by atoms with Crippen molar-refractivity contribution < 1.29 is 9.26 Å². The summed E-state index contributed by atoms with van der Waals surface area (Å²) in [6.45, 7) is 5.16. The molecule has 1 aliphatic heterocycles. The minimum absolute atomic E-state index is 0.242. The van der Waals surface area contributed by atoms with E-state index in [1.165, 1.54) is 19.3 Å². The summed E-state index contributed by atoms with van der Waals surface area (Å²) < 4.78 is 11.0. The van der Waals surface area contributed by atoms with Crippen molar-refractivity contribution in [3.63, 3.8) is 0 Å². The lowest BCUT2D eigenvalue weighted by molar-refractivity contribution is -0.0106. The van der Waals surface area contributed by atoms with Gasteiger partial charge in [-0.1, -0.05) is 18.5 Å². The van der Waals surface area contributed by atoms with Crippen LogP contribution in [0, 0.1) is 11.8 Å². The zero-order chi connectivity index (χ0) is 13.5. The predicted molar refractivity (Wildman–Crippen MR) is 70.5 cm³/mol. The Balaban J connectivity index is 1.82. The van der Waals surface area contributed by atoms with Crippen LogP contribution < -0.4 is 5.32 Å². The normalized spacial score (nSPS) is 33.3. The fourth-order valence-electron chi connectivity index (χ4n) is 3.43. The quantitative estimate of drug-likeness (QED) is 0.905. The highest BCUT2D eigenvalue weighted by atomic mass is 16.5. The fourth-order valence-corrected chi connectivity index (χ4v) is 3.43. The monoisotopic (exact) mass is 265 g/mol. The van der Waals surface area contributed by atoms with Crippen LogP contribution in [0.5, 0.6) is 0 Å².